The molecule has 0 radical (unpaired) electrons. The van der Waals surface area contributed by atoms with E-state index in [1.807, 2.05) is 6.07 Å². The van der Waals surface area contributed by atoms with Crippen LogP contribution in [-0.4, -0.2) is 41.5 Å². The van der Waals surface area contributed by atoms with Crippen LogP contribution in [0.5, 0.6) is 0 Å². The second-order valence-electron chi connectivity index (χ2n) is 5.28. The number of nitrogen functional groups attached to an aromatic ring is 1. The molecule has 21 heavy (non-hydrogen) atoms. The predicted octanol–water partition coefficient (Wildman–Crippen LogP) is 2.21. The highest BCUT2D eigenvalue weighted by Crippen LogP contribution is 2.34. The highest BCUT2D eigenvalue weighted by Gasteiger charge is 2.29. The molecule has 2 heterocycles. The van der Waals surface area contributed by atoms with Crippen LogP contribution >= 0.6 is 11.6 Å². The predicted molar refractivity (Wildman–Crippen MR) is 85.5 cm³/mol. The van der Waals surface area contributed by atoms with E-state index in [0.717, 1.165) is 25.5 Å². The zero-order valence-corrected chi connectivity index (χ0v) is 12.7. The number of piperazine rings is 1. The van der Waals surface area contributed by atoms with Gasteiger partial charge in [0.1, 0.15) is 12.0 Å². The number of rotatable bonds is 2. The number of hydrogen-bond acceptors (Lipinski definition) is 5. The Hall–Kier alpha value is -1.85. The molecule has 1 atom stereocenters. The van der Waals surface area contributed by atoms with Crippen molar-refractivity contribution in [1.29, 1.82) is 0 Å². The smallest absolute Gasteiger partial charge is 0.157 e. The van der Waals surface area contributed by atoms with E-state index < -0.39 is 0 Å². The first kappa shape index (κ1) is 14.1. The van der Waals surface area contributed by atoms with Crippen molar-refractivity contribution < 1.29 is 0 Å². The molecule has 3 rings (SSSR count). The van der Waals surface area contributed by atoms with Gasteiger partial charge in [-0.15, -0.1) is 0 Å². The maximum absolute atomic E-state index is 6.08. The molecule has 0 aliphatic carbocycles. The van der Waals surface area contributed by atoms with Gasteiger partial charge in [-0.05, 0) is 12.6 Å². The van der Waals surface area contributed by atoms with Gasteiger partial charge in [-0.3, -0.25) is 0 Å². The zero-order chi connectivity index (χ0) is 14.8. The highest BCUT2D eigenvalue weighted by atomic mass is 35.5. The van der Waals surface area contributed by atoms with Gasteiger partial charge in [-0.2, -0.15) is 0 Å². The Morgan fingerprint density at radius 2 is 1.95 bits per heavy atom. The molecule has 1 unspecified atom stereocenters. The van der Waals surface area contributed by atoms with Crippen LogP contribution in [0.4, 0.5) is 11.5 Å². The van der Waals surface area contributed by atoms with Gasteiger partial charge in [0.05, 0.1) is 6.04 Å². The molecule has 1 aromatic heterocycles. The number of hydrogen-bond donors (Lipinski definition) is 1. The molecule has 1 saturated heterocycles. The van der Waals surface area contributed by atoms with Gasteiger partial charge in [-0.1, -0.05) is 41.9 Å². The molecular formula is C15H18ClN5. The van der Waals surface area contributed by atoms with Gasteiger partial charge in [0.2, 0.25) is 0 Å². The van der Waals surface area contributed by atoms with Gasteiger partial charge in [0.15, 0.2) is 11.0 Å². The number of nitrogens with two attached hydrogens (primary N) is 1. The lowest BCUT2D eigenvalue weighted by Gasteiger charge is -2.41. The number of nitrogens with zero attached hydrogens (tertiary/aromatic N) is 4. The van der Waals surface area contributed by atoms with Gasteiger partial charge in [0.25, 0.3) is 0 Å². The Bertz CT molecular complexity index is 619. The van der Waals surface area contributed by atoms with E-state index in [1.54, 1.807) is 0 Å². The third kappa shape index (κ3) is 2.80. The van der Waals surface area contributed by atoms with Crippen LogP contribution in [0, 0.1) is 0 Å². The first-order valence-electron chi connectivity index (χ1n) is 6.93. The minimum atomic E-state index is 0.207. The van der Waals surface area contributed by atoms with Crippen LogP contribution in [0.3, 0.4) is 0 Å². The third-order valence-corrected chi connectivity index (χ3v) is 4.16. The van der Waals surface area contributed by atoms with E-state index in [1.165, 1.54) is 11.9 Å². The Kier molecular flexibility index (Phi) is 3.94. The van der Waals surface area contributed by atoms with Crippen molar-refractivity contribution in [2.24, 2.45) is 0 Å². The SMILES string of the molecule is CN1CCN(c2ncnc(Cl)c2N)C(c2ccccc2)C1. The molecule has 0 bridgehead atoms. The van der Waals surface area contributed by atoms with Gasteiger partial charge < -0.3 is 15.5 Å². The summed E-state index contributed by atoms with van der Waals surface area (Å²) in [6.07, 6.45) is 1.47. The summed E-state index contributed by atoms with van der Waals surface area (Å²) in [6.45, 7) is 2.74. The lowest BCUT2D eigenvalue weighted by Crippen LogP contribution is -2.47. The molecule has 0 spiro atoms. The van der Waals surface area contributed by atoms with Gasteiger partial charge in [0, 0.05) is 19.6 Å². The van der Waals surface area contributed by atoms with E-state index in [9.17, 15) is 0 Å². The maximum atomic E-state index is 6.08. The van der Waals surface area contributed by atoms with Crippen LogP contribution in [0.2, 0.25) is 5.15 Å². The van der Waals surface area contributed by atoms with E-state index in [-0.39, 0.29) is 6.04 Å². The monoisotopic (exact) mass is 303 g/mol. The Morgan fingerprint density at radius 1 is 1.19 bits per heavy atom. The summed E-state index contributed by atoms with van der Waals surface area (Å²) >= 11 is 6.04. The normalized spacial score (nSPS) is 19.7. The highest BCUT2D eigenvalue weighted by molar-refractivity contribution is 6.32. The minimum absolute atomic E-state index is 0.207. The van der Waals surface area contributed by atoms with Crippen LogP contribution in [0.1, 0.15) is 11.6 Å². The number of aromatic nitrogens is 2. The van der Waals surface area contributed by atoms with Crippen molar-refractivity contribution in [2.45, 2.75) is 6.04 Å². The molecule has 2 N–H and O–H groups in total. The number of halogens is 1. The summed E-state index contributed by atoms with van der Waals surface area (Å²) in [6, 6.07) is 10.6. The van der Waals surface area contributed by atoms with Crippen molar-refractivity contribution in [3.05, 3.63) is 47.4 Å². The lowest BCUT2D eigenvalue weighted by atomic mass is 10.0. The third-order valence-electron chi connectivity index (χ3n) is 3.85. The summed E-state index contributed by atoms with van der Waals surface area (Å²) in [5.74, 6) is 0.719. The van der Waals surface area contributed by atoms with Crippen LogP contribution in [0.15, 0.2) is 36.7 Å². The molecule has 1 aliphatic rings. The van der Waals surface area contributed by atoms with Crippen molar-refractivity contribution in [1.82, 2.24) is 14.9 Å². The van der Waals surface area contributed by atoms with Crippen LogP contribution < -0.4 is 10.6 Å². The van der Waals surface area contributed by atoms with Crippen LogP contribution in [0.25, 0.3) is 0 Å². The first-order chi connectivity index (χ1) is 10.2. The fourth-order valence-electron chi connectivity index (χ4n) is 2.73. The molecule has 1 fully saturated rings. The zero-order valence-electron chi connectivity index (χ0n) is 11.9. The summed E-state index contributed by atoms with van der Waals surface area (Å²) in [4.78, 5) is 12.8. The average Bonchev–Trinajstić information content (AvgIpc) is 2.51. The van der Waals surface area contributed by atoms with Crippen molar-refractivity contribution in [3.8, 4) is 0 Å². The van der Waals surface area contributed by atoms with E-state index in [0.29, 0.717) is 10.8 Å². The molecule has 0 saturated carbocycles. The van der Waals surface area contributed by atoms with Crippen molar-refractivity contribution >= 4 is 23.1 Å². The molecule has 1 aliphatic heterocycles. The fourth-order valence-corrected chi connectivity index (χ4v) is 2.86. The minimum Gasteiger partial charge on any atom is -0.393 e. The molecule has 0 amide bonds. The van der Waals surface area contributed by atoms with Crippen LogP contribution in [-0.2, 0) is 0 Å². The van der Waals surface area contributed by atoms with Gasteiger partial charge in [-0.25, -0.2) is 9.97 Å². The number of anilines is 2. The molecule has 2 aromatic rings. The van der Waals surface area contributed by atoms with Crippen molar-refractivity contribution in [3.63, 3.8) is 0 Å². The summed E-state index contributed by atoms with van der Waals surface area (Å²) in [7, 11) is 2.13. The molecule has 6 heteroatoms. The summed E-state index contributed by atoms with van der Waals surface area (Å²) < 4.78 is 0. The lowest BCUT2D eigenvalue weighted by molar-refractivity contribution is 0.268. The Balaban J connectivity index is 2.00. The second kappa shape index (κ2) is 5.87. The maximum Gasteiger partial charge on any atom is 0.157 e. The second-order valence-corrected chi connectivity index (χ2v) is 5.64. The van der Waals surface area contributed by atoms with Crippen molar-refractivity contribution in [2.75, 3.05) is 37.3 Å². The Morgan fingerprint density at radius 3 is 2.71 bits per heavy atom. The number of likely N-dealkylation sites (N-methyl/N-ethyl adjacent to an activating group) is 1. The molecular weight excluding hydrogens is 286 g/mol. The summed E-state index contributed by atoms with van der Waals surface area (Å²) in [5.41, 5.74) is 7.77. The first-order valence-corrected chi connectivity index (χ1v) is 7.30. The topological polar surface area (TPSA) is 58.3 Å². The summed E-state index contributed by atoms with van der Waals surface area (Å²) in [5, 5.41) is 0.311. The number of benzene rings is 1. The molecule has 110 valence electrons. The standard InChI is InChI=1S/C15H18ClN5/c1-20-7-8-21(15-13(17)14(16)18-10-19-15)12(9-20)11-5-3-2-4-6-11/h2-6,10,12H,7-9,17H2,1H3. The van der Waals surface area contributed by atoms with E-state index in [4.69, 9.17) is 17.3 Å². The van der Waals surface area contributed by atoms with E-state index in [2.05, 4.69) is 51.1 Å². The van der Waals surface area contributed by atoms with E-state index >= 15 is 0 Å². The quantitative estimate of drug-likeness (QED) is 0.862. The Labute approximate surface area is 129 Å². The van der Waals surface area contributed by atoms with Gasteiger partial charge >= 0.3 is 0 Å². The average molecular weight is 304 g/mol. The fraction of sp³-hybridized carbons (Fsp3) is 0.333. The largest absolute Gasteiger partial charge is 0.393 e. The molecule has 1 aromatic carbocycles. The molecule has 5 nitrogen and oxygen atoms in total.